The lowest BCUT2D eigenvalue weighted by Gasteiger charge is -2.19. The molecule has 0 heterocycles. The molecule has 0 fully saturated rings. The van der Waals surface area contributed by atoms with Crippen molar-refractivity contribution in [2.24, 2.45) is 0 Å². The number of rotatable bonds is 7. The molecule has 0 amide bonds. The van der Waals surface area contributed by atoms with Gasteiger partial charge >= 0.3 is 5.97 Å². The molecule has 0 spiro atoms. The van der Waals surface area contributed by atoms with E-state index in [-0.39, 0.29) is 6.61 Å². The fourth-order valence-corrected chi connectivity index (χ4v) is 1.85. The Hall–Kier alpha value is -2.43. The number of aliphatic hydroxyl groups excluding tert-OH is 1. The zero-order chi connectivity index (χ0) is 15.8. The quantitative estimate of drug-likeness (QED) is 0.485. The molecule has 2 atom stereocenters. The summed E-state index contributed by atoms with van der Waals surface area (Å²) >= 11 is 0. The van der Waals surface area contributed by atoms with Crippen LogP contribution in [0.1, 0.15) is 5.56 Å². The van der Waals surface area contributed by atoms with E-state index >= 15 is 0 Å². The average molecular weight is 298 g/mol. The number of para-hydroxylation sites is 1. The first-order valence-electron chi connectivity index (χ1n) is 6.93. The van der Waals surface area contributed by atoms with Crippen molar-refractivity contribution in [3.05, 3.63) is 78.9 Å². The molecule has 0 saturated carbocycles. The van der Waals surface area contributed by atoms with Gasteiger partial charge in [0.25, 0.3) is 0 Å². The molecule has 0 aromatic heterocycles. The van der Waals surface area contributed by atoms with Crippen LogP contribution in [0.2, 0.25) is 0 Å². The molecule has 0 saturated heterocycles. The zero-order valence-corrected chi connectivity index (χ0v) is 12.1. The number of benzene rings is 2. The Bertz CT molecular complexity index is 595. The van der Waals surface area contributed by atoms with Crippen LogP contribution in [-0.4, -0.2) is 23.3 Å². The molecule has 114 valence electrons. The number of ether oxygens (including phenoxy) is 2. The first-order valence-corrected chi connectivity index (χ1v) is 6.93. The first-order chi connectivity index (χ1) is 10.7. The van der Waals surface area contributed by atoms with E-state index in [4.69, 9.17) is 9.47 Å². The maximum atomic E-state index is 12.2. The predicted molar refractivity (Wildman–Crippen MR) is 83.3 cm³/mol. The minimum absolute atomic E-state index is 0.195. The Balaban J connectivity index is 2.02. The van der Waals surface area contributed by atoms with Crippen LogP contribution in [-0.2, 0) is 16.1 Å². The smallest absolute Gasteiger partial charge is 0.343 e. The second-order valence-corrected chi connectivity index (χ2v) is 4.68. The van der Waals surface area contributed by atoms with Gasteiger partial charge in [-0.1, -0.05) is 54.6 Å². The summed E-state index contributed by atoms with van der Waals surface area (Å²) in [5.41, 5.74) is 0.899. The highest BCUT2D eigenvalue weighted by atomic mass is 16.6. The molecule has 0 radical (unpaired) electrons. The molecular weight excluding hydrogens is 280 g/mol. The van der Waals surface area contributed by atoms with Crippen LogP contribution < -0.4 is 4.74 Å². The minimum atomic E-state index is -1.14. The monoisotopic (exact) mass is 298 g/mol. The van der Waals surface area contributed by atoms with Crippen molar-refractivity contribution in [1.29, 1.82) is 0 Å². The van der Waals surface area contributed by atoms with E-state index in [0.717, 1.165) is 5.56 Å². The van der Waals surface area contributed by atoms with Gasteiger partial charge < -0.3 is 14.6 Å². The molecule has 2 aromatic rings. The first kappa shape index (κ1) is 15.9. The van der Waals surface area contributed by atoms with E-state index < -0.39 is 18.2 Å². The molecule has 0 aliphatic rings. The van der Waals surface area contributed by atoms with Crippen LogP contribution in [0.25, 0.3) is 0 Å². The van der Waals surface area contributed by atoms with Gasteiger partial charge in [0, 0.05) is 0 Å². The molecule has 0 aliphatic carbocycles. The lowest BCUT2D eigenvalue weighted by Crippen LogP contribution is -2.38. The third-order valence-corrected chi connectivity index (χ3v) is 3.02. The molecule has 0 bridgehead atoms. The topological polar surface area (TPSA) is 55.8 Å². The molecule has 4 heteroatoms. The third-order valence-electron chi connectivity index (χ3n) is 3.02. The van der Waals surface area contributed by atoms with Gasteiger partial charge in [0.2, 0.25) is 0 Å². The standard InChI is InChI=1S/C18H18O4/c1-2-16(19)17(21-13-14-9-5-3-6-10-14)18(20)22-15-11-7-4-8-12-15/h2-12,16-17,19H,1,13H2/t16-,17+/m1/s1. The van der Waals surface area contributed by atoms with Gasteiger partial charge in [-0.3, -0.25) is 0 Å². The van der Waals surface area contributed by atoms with Crippen molar-refractivity contribution in [3.8, 4) is 5.75 Å². The summed E-state index contributed by atoms with van der Waals surface area (Å²) in [6.45, 7) is 3.68. The summed E-state index contributed by atoms with van der Waals surface area (Å²) in [6, 6.07) is 18.0. The molecule has 4 nitrogen and oxygen atoms in total. The van der Waals surface area contributed by atoms with Gasteiger partial charge in [-0.15, -0.1) is 6.58 Å². The normalized spacial score (nSPS) is 13.1. The van der Waals surface area contributed by atoms with Gasteiger partial charge in [-0.2, -0.15) is 0 Å². The Morgan fingerprint density at radius 3 is 2.27 bits per heavy atom. The van der Waals surface area contributed by atoms with Gasteiger partial charge in [0.1, 0.15) is 11.9 Å². The summed E-state index contributed by atoms with van der Waals surface area (Å²) in [5.74, 6) is -0.258. The summed E-state index contributed by atoms with van der Waals surface area (Å²) in [4.78, 5) is 12.2. The van der Waals surface area contributed by atoms with Crippen LogP contribution in [0.3, 0.4) is 0 Å². The zero-order valence-electron chi connectivity index (χ0n) is 12.1. The van der Waals surface area contributed by atoms with Gasteiger partial charge in [0.15, 0.2) is 6.10 Å². The van der Waals surface area contributed by atoms with E-state index in [2.05, 4.69) is 6.58 Å². The second kappa shape index (κ2) is 8.12. The SMILES string of the molecule is C=C[C@@H](O)[C@H](OCc1ccccc1)C(=O)Oc1ccccc1. The molecule has 1 N–H and O–H groups in total. The van der Waals surface area contributed by atoms with Crippen LogP contribution >= 0.6 is 0 Å². The fraction of sp³-hybridized carbons (Fsp3) is 0.167. The van der Waals surface area contributed by atoms with E-state index in [1.807, 2.05) is 36.4 Å². The van der Waals surface area contributed by atoms with Crippen molar-refractivity contribution < 1.29 is 19.4 Å². The molecule has 22 heavy (non-hydrogen) atoms. The van der Waals surface area contributed by atoms with Crippen molar-refractivity contribution in [3.63, 3.8) is 0 Å². The van der Waals surface area contributed by atoms with Crippen LogP contribution in [0.15, 0.2) is 73.3 Å². The number of carbonyl (C=O) groups is 1. The number of esters is 1. The van der Waals surface area contributed by atoms with E-state index in [1.165, 1.54) is 6.08 Å². The third kappa shape index (κ3) is 4.55. The molecule has 0 unspecified atom stereocenters. The lowest BCUT2D eigenvalue weighted by atomic mass is 10.2. The number of aliphatic hydroxyl groups is 1. The van der Waals surface area contributed by atoms with Gasteiger partial charge in [-0.25, -0.2) is 4.79 Å². The minimum Gasteiger partial charge on any atom is -0.425 e. The summed E-state index contributed by atoms with van der Waals surface area (Å²) < 4.78 is 10.7. The summed E-state index contributed by atoms with van der Waals surface area (Å²) in [5, 5.41) is 9.90. The Morgan fingerprint density at radius 2 is 1.68 bits per heavy atom. The maximum Gasteiger partial charge on any atom is 0.343 e. The molecule has 2 aromatic carbocycles. The number of hydrogen-bond donors (Lipinski definition) is 1. The Labute approximate surface area is 129 Å². The Kier molecular flexibility index (Phi) is 5.89. The van der Waals surface area contributed by atoms with Gasteiger partial charge in [-0.05, 0) is 17.7 Å². The van der Waals surface area contributed by atoms with Crippen LogP contribution in [0.4, 0.5) is 0 Å². The van der Waals surface area contributed by atoms with Crippen LogP contribution in [0.5, 0.6) is 5.75 Å². The van der Waals surface area contributed by atoms with Crippen molar-refractivity contribution in [2.45, 2.75) is 18.8 Å². The second-order valence-electron chi connectivity index (χ2n) is 4.68. The van der Waals surface area contributed by atoms with Gasteiger partial charge in [0.05, 0.1) is 6.61 Å². The Morgan fingerprint density at radius 1 is 1.09 bits per heavy atom. The summed E-state index contributed by atoms with van der Waals surface area (Å²) in [6.07, 6.45) is -1.01. The summed E-state index contributed by atoms with van der Waals surface area (Å²) in [7, 11) is 0. The predicted octanol–water partition coefficient (Wildman–Crippen LogP) is 2.72. The fourth-order valence-electron chi connectivity index (χ4n) is 1.85. The highest BCUT2D eigenvalue weighted by Crippen LogP contribution is 2.13. The van der Waals surface area contributed by atoms with Crippen molar-refractivity contribution in [1.82, 2.24) is 0 Å². The van der Waals surface area contributed by atoms with E-state index in [1.54, 1.807) is 24.3 Å². The highest BCUT2D eigenvalue weighted by Gasteiger charge is 2.28. The van der Waals surface area contributed by atoms with Crippen molar-refractivity contribution >= 4 is 5.97 Å². The van der Waals surface area contributed by atoms with Crippen molar-refractivity contribution in [2.75, 3.05) is 0 Å². The van der Waals surface area contributed by atoms with E-state index in [0.29, 0.717) is 5.75 Å². The average Bonchev–Trinajstić information content (AvgIpc) is 2.56. The van der Waals surface area contributed by atoms with Crippen LogP contribution in [0, 0.1) is 0 Å². The lowest BCUT2D eigenvalue weighted by molar-refractivity contribution is -0.154. The maximum absolute atomic E-state index is 12.2. The molecule has 2 rings (SSSR count). The number of carbonyl (C=O) groups excluding carboxylic acids is 1. The van der Waals surface area contributed by atoms with E-state index in [9.17, 15) is 9.90 Å². The number of hydrogen-bond acceptors (Lipinski definition) is 4. The highest BCUT2D eigenvalue weighted by molar-refractivity contribution is 5.78. The molecule has 0 aliphatic heterocycles. The largest absolute Gasteiger partial charge is 0.425 e. The molecular formula is C18H18O4.